The van der Waals surface area contributed by atoms with Gasteiger partial charge in [0.2, 0.25) is 0 Å². The second-order valence-corrected chi connectivity index (χ2v) is 7.26. The quantitative estimate of drug-likeness (QED) is 0.655. The molecule has 1 heterocycles. The summed E-state index contributed by atoms with van der Waals surface area (Å²) >= 11 is 0. The van der Waals surface area contributed by atoms with E-state index < -0.39 is 0 Å². The number of hydrogen-bond donors (Lipinski definition) is 1. The number of nitrogens with one attached hydrogen (secondary N) is 1. The van der Waals surface area contributed by atoms with Crippen molar-refractivity contribution in [1.29, 1.82) is 0 Å². The van der Waals surface area contributed by atoms with Crippen molar-refractivity contribution in [3.8, 4) is 11.3 Å². The fourth-order valence-electron chi connectivity index (χ4n) is 3.67. The fraction of sp³-hybridized carbons (Fsp3) is 0.261. The van der Waals surface area contributed by atoms with Gasteiger partial charge in [-0.05, 0) is 43.7 Å². The van der Waals surface area contributed by atoms with Crippen LogP contribution in [0.5, 0.6) is 0 Å². The second-order valence-electron chi connectivity index (χ2n) is 7.26. The Hall–Kier alpha value is -3.01. The first-order valence-electron chi connectivity index (χ1n) is 9.51. The van der Waals surface area contributed by atoms with Crippen molar-refractivity contribution in [1.82, 2.24) is 10.4 Å². The lowest BCUT2D eigenvalue weighted by Crippen LogP contribution is -2.22. The monoisotopic (exact) mass is 357 g/mol. The van der Waals surface area contributed by atoms with Crippen molar-refractivity contribution in [2.75, 3.05) is 0 Å². The third-order valence-electron chi connectivity index (χ3n) is 5.09. The van der Waals surface area contributed by atoms with E-state index in [4.69, 9.17) is 4.98 Å². The predicted molar refractivity (Wildman–Crippen MR) is 110 cm³/mol. The van der Waals surface area contributed by atoms with Crippen LogP contribution in [0.25, 0.3) is 22.2 Å². The summed E-state index contributed by atoms with van der Waals surface area (Å²) in [7, 11) is 0. The molecular weight excluding hydrogens is 334 g/mol. The molecule has 4 rings (SSSR count). The number of fused-ring (bicyclic) bond motifs is 1. The van der Waals surface area contributed by atoms with Gasteiger partial charge >= 0.3 is 0 Å². The van der Waals surface area contributed by atoms with Crippen LogP contribution in [-0.4, -0.2) is 16.6 Å². The molecule has 1 fully saturated rings. The van der Waals surface area contributed by atoms with Gasteiger partial charge < -0.3 is 0 Å². The van der Waals surface area contributed by atoms with Crippen LogP contribution in [0.15, 0.2) is 65.8 Å². The van der Waals surface area contributed by atoms with Crippen molar-refractivity contribution in [3.63, 3.8) is 0 Å². The van der Waals surface area contributed by atoms with Crippen molar-refractivity contribution < 1.29 is 4.79 Å². The zero-order chi connectivity index (χ0) is 18.6. The van der Waals surface area contributed by atoms with Gasteiger partial charge in [0.05, 0.1) is 16.8 Å². The van der Waals surface area contributed by atoms with Crippen LogP contribution in [0.2, 0.25) is 0 Å². The van der Waals surface area contributed by atoms with Crippen molar-refractivity contribution >= 4 is 22.5 Å². The first-order chi connectivity index (χ1) is 13.2. The van der Waals surface area contributed by atoms with Crippen LogP contribution in [0.1, 0.15) is 43.0 Å². The Bertz CT molecular complexity index is 995. The van der Waals surface area contributed by atoms with E-state index in [0.717, 1.165) is 47.1 Å². The molecule has 0 radical (unpaired) electrons. The van der Waals surface area contributed by atoms with Gasteiger partial charge in [0.25, 0.3) is 5.91 Å². The Morgan fingerprint density at radius 2 is 1.89 bits per heavy atom. The highest BCUT2D eigenvalue weighted by molar-refractivity contribution is 6.07. The first-order valence-corrected chi connectivity index (χ1v) is 9.51. The molecule has 1 aliphatic carbocycles. The number of benzene rings is 2. The second kappa shape index (κ2) is 7.70. The van der Waals surface area contributed by atoms with Crippen LogP contribution in [0.3, 0.4) is 0 Å². The molecule has 1 atom stereocenters. The number of para-hydroxylation sites is 1. The summed E-state index contributed by atoms with van der Waals surface area (Å²) < 4.78 is 0. The van der Waals surface area contributed by atoms with E-state index in [1.807, 2.05) is 60.7 Å². The molecule has 4 nitrogen and oxygen atoms in total. The average molecular weight is 357 g/mol. The fourth-order valence-corrected chi connectivity index (χ4v) is 3.67. The zero-order valence-electron chi connectivity index (χ0n) is 15.5. The van der Waals surface area contributed by atoms with Gasteiger partial charge in [0.15, 0.2) is 0 Å². The number of carbonyl (C=O) groups excluding carboxylic acids is 1. The normalized spacial score (nSPS) is 18.6. The van der Waals surface area contributed by atoms with Crippen molar-refractivity contribution in [3.05, 3.63) is 66.2 Å². The number of carbonyl (C=O) groups is 1. The molecule has 1 saturated carbocycles. The number of amides is 1. The zero-order valence-corrected chi connectivity index (χ0v) is 15.5. The van der Waals surface area contributed by atoms with Gasteiger partial charge in [0, 0.05) is 16.7 Å². The van der Waals surface area contributed by atoms with E-state index in [1.54, 1.807) is 0 Å². The lowest BCUT2D eigenvalue weighted by atomic mass is 9.89. The molecule has 2 aromatic carbocycles. The molecule has 1 aliphatic rings. The van der Waals surface area contributed by atoms with Gasteiger partial charge in [-0.2, -0.15) is 5.10 Å². The maximum atomic E-state index is 12.9. The summed E-state index contributed by atoms with van der Waals surface area (Å²) in [5.74, 6) is 0.456. The molecular formula is C23H23N3O. The molecule has 0 aliphatic heterocycles. The standard InChI is InChI=1S/C23H23N3O/c1-16-8-7-11-18(14-16)25-26-23(27)20-15-22(17-9-3-2-4-10-17)24-21-13-6-5-12-19(20)21/h2-6,9-10,12-13,15-16H,7-8,11,14H2,1H3,(H,26,27). The number of rotatable bonds is 3. The smallest absolute Gasteiger partial charge is 0.267 e. The third kappa shape index (κ3) is 3.90. The van der Waals surface area contributed by atoms with Crippen LogP contribution < -0.4 is 5.43 Å². The van der Waals surface area contributed by atoms with Crippen molar-refractivity contribution in [2.24, 2.45) is 11.0 Å². The van der Waals surface area contributed by atoms with Crippen LogP contribution in [-0.2, 0) is 0 Å². The van der Waals surface area contributed by atoms with Gasteiger partial charge in [-0.1, -0.05) is 55.5 Å². The lowest BCUT2D eigenvalue weighted by Gasteiger charge is -2.19. The highest BCUT2D eigenvalue weighted by atomic mass is 16.2. The van der Waals surface area contributed by atoms with Gasteiger partial charge in [-0.15, -0.1) is 0 Å². The Kier molecular flexibility index (Phi) is 4.97. The van der Waals surface area contributed by atoms with Gasteiger partial charge in [0.1, 0.15) is 0 Å². The maximum Gasteiger partial charge on any atom is 0.272 e. The molecule has 4 heteroatoms. The summed E-state index contributed by atoms with van der Waals surface area (Å²) in [6.07, 6.45) is 4.32. The van der Waals surface area contributed by atoms with E-state index in [2.05, 4.69) is 17.5 Å². The van der Waals surface area contributed by atoms with Crippen LogP contribution >= 0.6 is 0 Å². The minimum Gasteiger partial charge on any atom is -0.267 e. The largest absolute Gasteiger partial charge is 0.272 e. The number of hydrazone groups is 1. The van der Waals surface area contributed by atoms with E-state index >= 15 is 0 Å². The molecule has 0 spiro atoms. The molecule has 1 aromatic heterocycles. The van der Waals surface area contributed by atoms with E-state index in [-0.39, 0.29) is 5.91 Å². The first kappa shape index (κ1) is 17.4. The SMILES string of the molecule is CC1CCCC(=NNC(=O)c2cc(-c3ccccc3)nc3ccccc23)C1. The van der Waals surface area contributed by atoms with Gasteiger partial charge in [-0.25, -0.2) is 10.4 Å². The Morgan fingerprint density at radius 1 is 1.11 bits per heavy atom. The van der Waals surface area contributed by atoms with Crippen LogP contribution in [0.4, 0.5) is 0 Å². The Balaban J connectivity index is 1.69. The maximum absolute atomic E-state index is 12.9. The van der Waals surface area contributed by atoms with Crippen LogP contribution in [0, 0.1) is 5.92 Å². The minimum atomic E-state index is -0.184. The summed E-state index contributed by atoms with van der Waals surface area (Å²) in [4.78, 5) is 17.7. The highest BCUT2D eigenvalue weighted by Gasteiger charge is 2.16. The third-order valence-corrected chi connectivity index (χ3v) is 5.09. The van der Waals surface area contributed by atoms with E-state index in [9.17, 15) is 4.79 Å². The average Bonchev–Trinajstić information content (AvgIpc) is 2.72. The number of nitrogens with zero attached hydrogens (tertiary/aromatic N) is 2. The minimum absolute atomic E-state index is 0.184. The Morgan fingerprint density at radius 3 is 2.70 bits per heavy atom. The number of aromatic nitrogens is 1. The molecule has 0 saturated heterocycles. The van der Waals surface area contributed by atoms with E-state index in [0.29, 0.717) is 11.5 Å². The predicted octanol–water partition coefficient (Wildman–Crippen LogP) is 5.20. The summed E-state index contributed by atoms with van der Waals surface area (Å²) in [6, 6.07) is 19.5. The topological polar surface area (TPSA) is 54.4 Å². The summed E-state index contributed by atoms with van der Waals surface area (Å²) in [5.41, 5.74) is 7.06. The summed E-state index contributed by atoms with van der Waals surface area (Å²) in [6.45, 7) is 2.24. The highest BCUT2D eigenvalue weighted by Crippen LogP contribution is 2.25. The molecule has 1 N–H and O–H groups in total. The summed E-state index contributed by atoms with van der Waals surface area (Å²) in [5, 5.41) is 5.26. The molecule has 0 bridgehead atoms. The molecule has 3 aromatic rings. The molecule has 27 heavy (non-hydrogen) atoms. The molecule has 1 amide bonds. The van der Waals surface area contributed by atoms with E-state index in [1.165, 1.54) is 6.42 Å². The molecule has 136 valence electrons. The number of pyridine rings is 1. The lowest BCUT2D eigenvalue weighted by molar-refractivity contribution is 0.0956. The van der Waals surface area contributed by atoms with Crippen molar-refractivity contribution in [2.45, 2.75) is 32.6 Å². The molecule has 1 unspecified atom stereocenters. The van der Waals surface area contributed by atoms with Gasteiger partial charge in [-0.3, -0.25) is 4.79 Å². The number of hydrogen-bond acceptors (Lipinski definition) is 3. The Labute approximate surface area is 159 Å².